The summed E-state index contributed by atoms with van der Waals surface area (Å²) in [5, 5.41) is 16.7. The van der Waals surface area contributed by atoms with E-state index in [2.05, 4.69) is 86.3 Å². The maximum absolute atomic E-state index is 8.33. The van der Waals surface area contributed by atoms with Crippen molar-refractivity contribution in [3.63, 3.8) is 0 Å². The lowest BCUT2D eigenvalue weighted by Gasteiger charge is -2.43. The molecule has 6 nitrogen and oxygen atoms in total. The number of allylic oxidation sites excluding steroid dienone is 3. The van der Waals surface area contributed by atoms with Gasteiger partial charge in [0.1, 0.15) is 0 Å². The monoisotopic (exact) mass is 586 g/mol. The van der Waals surface area contributed by atoms with Crippen molar-refractivity contribution in [3.8, 4) is 0 Å². The van der Waals surface area contributed by atoms with Crippen molar-refractivity contribution in [1.29, 1.82) is 5.41 Å². The summed E-state index contributed by atoms with van der Waals surface area (Å²) in [7, 11) is 2.50. The lowest BCUT2D eigenvalue weighted by Crippen LogP contribution is -2.50. The van der Waals surface area contributed by atoms with Crippen LogP contribution in [0.4, 0.5) is 0 Å². The van der Waals surface area contributed by atoms with E-state index >= 15 is 0 Å². The molecule has 5 N–H and O–H groups in total. The van der Waals surface area contributed by atoms with Crippen LogP contribution in [0, 0.1) is 10.8 Å². The molecule has 0 unspecified atom stereocenters. The smallest absolute Gasteiger partial charge is 0.0554 e. The molecular formula is C34H58N4O2S. The number of likely N-dealkylation sites (tertiary alicyclic amines) is 1. The Morgan fingerprint density at radius 1 is 1.22 bits per heavy atom. The zero-order valence-electron chi connectivity index (χ0n) is 27.2. The summed E-state index contributed by atoms with van der Waals surface area (Å²) in [6, 6.07) is 7.08. The molecule has 4 rings (SSSR count). The first-order valence-electron chi connectivity index (χ1n) is 15.3. The van der Waals surface area contributed by atoms with Gasteiger partial charge in [-0.05, 0) is 98.6 Å². The van der Waals surface area contributed by atoms with E-state index in [1.807, 2.05) is 20.8 Å². The van der Waals surface area contributed by atoms with E-state index in [1.54, 1.807) is 0 Å². The number of H-pyrrole nitrogens is 1. The second kappa shape index (κ2) is 18.6. The predicted molar refractivity (Wildman–Crippen MR) is 183 cm³/mol. The minimum absolute atomic E-state index is 0.362. The molecule has 0 amide bonds. The molecule has 2 fully saturated rings. The lowest BCUT2D eigenvalue weighted by molar-refractivity contribution is -0.116. The Morgan fingerprint density at radius 3 is 2.29 bits per heavy atom. The van der Waals surface area contributed by atoms with Crippen molar-refractivity contribution >= 4 is 34.8 Å². The predicted octanol–water partition coefficient (Wildman–Crippen LogP) is 7.41. The van der Waals surface area contributed by atoms with Crippen LogP contribution in [-0.4, -0.2) is 73.5 Å². The molecule has 1 aromatic heterocycles. The third-order valence-electron chi connectivity index (χ3n) is 7.85. The highest BCUT2D eigenvalue weighted by Gasteiger charge is 2.36. The summed E-state index contributed by atoms with van der Waals surface area (Å²) in [5.74, 6) is 1.60. The Balaban J connectivity index is 0.00000131. The van der Waals surface area contributed by atoms with Crippen LogP contribution in [0.2, 0.25) is 0 Å². The van der Waals surface area contributed by atoms with E-state index in [1.165, 1.54) is 67.2 Å². The summed E-state index contributed by atoms with van der Waals surface area (Å²) in [6.45, 7) is 20.4. The first kappa shape index (κ1) is 37.1. The Morgan fingerprint density at radius 2 is 1.83 bits per heavy atom. The number of rotatable bonds is 9. The lowest BCUT2D eigenvalue weighted by atomic mass is 9.84. The largest absolute Gasteiger partial charge is 0.400 e. The molecule has 41 heavy (non-hydrogen) atoms. The van der Waals surface area contributed by atoms with Crippen LogP contribution in [0.1, 0.15) is 96.4 Å². The van der Waals surface area contributed by atoms with Gasteiger partial charge in [-0.2, -0.15) is 12.6 Å². The van der Waals surface area contributed by atoms with E-state index < -0.39 is 0 Å². The van der Waals surface area contributed by atoms with Gasteiger partial charge in [0.05, 0.1) is 13.2 Å². The average molecular weight is 587 g/mol. The van der Waals surface area contributed by atoms with E-state index in [0.717, 1.165) is 37.9 Å². The molecular weight excluding hydrogens is 528 g/mol. The topological polar surface area (TPSA) is 98.4 Å². The van der Waals surface area contributed by atoms with E-state index in [4.69, 9.17) is 15.3 Å². The maximum atomic E-state index is 8.33. The Hall–Kier alpha value is -1.90. The van der Waals surface area contributed by atoms with Crippen LogP contribution in [0.5, 0.6) is 0 Å². The second-order valence-electron chi connectivity index (χ2n) is 11.1. The van der Waals surface area contributed by atoms with E-state index in [-0.39, 0.29) is 0 Å². The standard InChI is InChI=1S/C30H43N3OS.C2H6.CH5N.CH4O/c1-6-21(14-24(16-35)26(31)7-2)29-28(20(3)4)25-15-23(8-9-27(25)32-29)22-10-12-33(13-11-22)17-30(5)18-34-19-30;3*1-2/h6,8-9,14-15,20,22,31-32,35H,7,10-13,16-19H2,1-5H3;1-2H3;2H2,1H3;2H,1H3/b21-6+,24-14-,31-26?;;;. The molecule has 0 radical (unpaired) electrons. The highest BCUT2D eigenvalue weighted by atomic mass is 32.1. The van der Waals surface area contributed by atoms with Gasteiger partial charge in [-0.3, -0.25) is 0 Å². The number of aliphatic hydroxyl groups is 1. The Kier molecular flexibility index (Phi) is 16.8. The Labute approximate surface area is 255 Å². The number of benzene rings is 1. The zero-order chi connectivity index (χ0) is 31.2. The number of piperidine rings is 1. The Bertz CT molecular complexity index is 1120. The van der Waals surface area contributed by atoms with Gasteiger partial charge in [-0.25, -0.2) is 0 Å². The molecule has 2 aliphatic heterocycles. The molecule has 0 atom stereocenters. The van der Waals surface area contributed by atoms with Gasteiger partial charge in [0.25, 0.3) is 0 Å². The fourth-order valence-corrected chi connectivity index (χ4v) is 6.04. The molecule has 2 saturated heterocycles. The van der Waals surface area contributed by atoms with E-state index in [9.17, 15) is 0 Å². The number of ether oxygens (including phenoxy) is 1. The zero-order valence-corrected chi connectivity index (χ0v) is 28.1. The molecule has 0 bridgehead atoms. The van der Waals surface area contributed by atoms with Gasteiger partial charge < -0.3 is 30.9 Å². The van der Waals surface area contributed by atoms with Gasteiger partial charge in [0, 0.05) is 47.1 Å². The van der Waals surface area contributed by atoms with Crippen LogP contribution >= 0.6 is 12.6 Å². The summed E-state index contributed by atoms with van der Waals surface area (Å²) in [6.07, 6.45) is 7.49. The van der Waals surface area contributed by atoms with Crippen LogP contribution in [0.15, 0.2) is 35.9 Å². The van der Waals surface area contributed by atoms with Gasteiger partial charge in [-0.15, -0.1) is 0 Å². The van der Waals surface area contributed by atoms with E-state index in [0.29, 0.717) is 28.7 Å². The molecule has 0 saturated carbocycles. The highest BCUT2D eigenvalue weighted by Crippen LogP contribution is 2.38. The number of fused-ring (bicyclic) bond motifs is 1. The normalized spacial score (nSPS) is 17.5. The third-order valence-corrected chi connectivity index (χ3v) is 8.19. The SMILES string of the molecule is C/C=C(\C=C(\CS)C(=N)CC)c1[nH]c2ccc(C3CCN(CC4(C)COC4)CC3)cc2c1C(C)C.CC.CN.CO. The molecule has 0 spiro atoms. The van der Waals surface area contributed by atoms with Crippen molar-refractivity contribution < 1.29 is 9.84 Å². The summed E-state index contributed by atoms with van der Waals surface area (Å²) >= 11 is 4.50. The molecule has 7 heteroatoms. The number of thiol groups is 1. The number of aromatic nitrogens is 1. The average Bonchev–Trinajstić information content (AvgIpc) is 3.39. The number of nitrogens with one attached hydrogen (secondary N) is 2. The van der Waals surface area contributed by atoms with Crippen molar-refractivity contribution in [3.05, 3.63) is 52.7 Å². The third kappa shape index (κ3) is 9.55. The van der Waals surface area contributed by atoms with Crippen LogP contribution < -0.4 is 5.73 Å². The fraction of sp³-hybridized carbons (Fsp3) is 0.618. The summed E-state index contributed by atoms with van der Waals surface area (Å²) in [4.78, 5) is 6.37. The molecule has 2 aliphatic rings. The molecule has 232 valence electrons. The quantitative estimate of drug-likeness (QED) is 0.120. The first-order chi connectivity index (χ1) is 19.8. The number of aromatic amines is 1. The molecule has 2 aromatic rings. The number of hydrogen-bond donors (Lipinski definition) is 5. The summed E-state index contributed by atoms with van der Waals surface area (Å²) < 4.78 is 5.46. The van der Waals surface area contributed by atoms with Crippen LogP contribution in [0.25, 0.3) is 16.5 Å². The number of nitrogens with two attached hydrogens (primary N) is 1. The number of aliphatic hydroxyl groups excluding tert-OH is 1. The minimum Gasteiger partial charge on any atom is -0.400 e. The number of nitrogens with zero attached hydrogens (tertiary/aromatic N) is 1. The van der Waals surface area contributed by atoms with Crippen LogP contribution in [-0.2, 0) is 4.74 Å². The van der Waals surface area contributed by atoms with Crippen molar-refractivity contribution in [1.82, 2.24) is 9.88 Å². The van der Waals surface area contributed by atoms with Crippen LogP contribution in [0.3, 0.4) is 0 Å². The maximum Gasteiger partial charge on any atom is 0.0554 e. The second-order valence-corrected chi connectivity index (χ2v) is 11.4. The molecule has 1 aromatic carbocycles. The fourth-order valence-electron chi connectivity index (χ4n) is 5.76. The van der Waals surface area contributed by atoms with Gasteiger partial charge in [0.2, 0.25) is 0 Å². The van der Waals surface area contributed by atoms with Crippen molar-refractivity contribution in [2.75, 3.05) is 52.8 Å². The van der Waals surface area contributed by atoms with Crippen molar-refractivity contribution in [2.24, 2.45) is 11.1 Å². The highest BCUT2D eigenvalue weighted by molar-refractivity contribution is 7.80. The van der Waals surface area contributed by atoms with Crippen molar-refractivity contribution in [2.45, 2.75) is 79.6 Å². The first-order valence-corrected chi connectivity index (χ1v) is 16.0. The summed E-state index contributed by atoms with van der Waals surface area (Å²) in [5.41, 5.74) is 12.9. The number of hydrogen-bond acceptors (Lipinski definition) is 6. The van der Waals surface area contributed by atoms with Gasteiger partial charge in [0.15, 0.2) is 0 Å². The molecule has 3 heterocycles. The van der Waals surface area contributed by atoms with Gasteiger partial charge >= 0.3 is 0 Å². The van der Waals surface area contributed by atoms with Gasteiger partial charge in [-0.1, -0.05) is 53.7 Å². The minimum atomic E-state index is 0.362. The molecule has 0 aliphatic carbocycles.